The van der Waals surface area contributed by atoms with Gasteiger partial charge in [-0.05, 0) is 85.7 Å². The molecule has 4 aromatic rings. The van der Waals surface area contributed by atoms with Gasteiger partial charge in [0.25, 0.3) is 0 Å². The number of allylic oxidation sites excluding steroid dienone is 3. The number of aryl methyl sites for hydroxylation is 2. The van der Waals surface area contributed by atoms with E-state index in [1.807, 2.05) is 135 Å². The Hall–Kier alpha value is -3.69. The second kappa shape index (κ2) is 12.7. The molecule has 0 saturated heterocycles. The van der Waals surface area contributed by atoms with Gasteiger partial charge in [-0.15, -0.1) is 0 Å². The summed E-state index contributed by atoms with van der Waals surface area (Å²) in [4.78, 5) is 5.01. The van der Waals surface area contributed by atoms with E-state index in [2.05, 4.69) is 31.9 Å². The van der Waals surface area contributed by atoms with Crippen LogP contribution < -0.4 is 9.13 Å². The van der Waals surface area contributed by atoms with E-state index >= 15 is 8.63 Å². The van der Waals surface area contributed by atoms with Crippen molar-refractivity contribution in [1.29, 1.82) is 0 Å². The van der Waals surface area contributed by atoms with Crippen LogP contribution in [0.3, 0.4) is 0 Å². The monoisotopic (exact) mass is 688 g/mol. The van der Waals surface area contributed by atoms with Crippen LogP contribution in [0.1, 0.15) is 40.6 Å². The van der Waals surface area contributed by atoms with Crippen LogP contribution >= 0.6 is 31.9 Å². The number of pyridine rings is 2. The highest BCUT2D eigenvalue weighted by atomic mass is 79.9. The highest BCUT2D eigenvalue weighted by Gasteiger charge is 2.33. The van der Waals surface area contributed by atoms with Gasteiger partial charge in [0, 0.05) is 50.2 Å². The van der Waals surface area contributed by atoms with Crippen LogP contribution in [0.4, 0.5) is 8.63 Å². The van der Waals surface area contributed by atoms with Crippen LogP contribution in [0.15, 0.2) is 111 Å². The van der Waals surface area contributed by atoms with Gasteiger partial charge in [-0.25, -0.2) is 14.1 Å². The van der Waals surface area contributed by atoms with Crippen LogP contribution in [0.25, 0.3) is 23.8 Å². The molecule has 3 aromatic heterocycles. The van der Waals surface area contributed by atoms with Gasteiger partial charge in [-0.1, -0.05) is 42.5 Å². The Morgan fingerprint density at radius 1 is 0.810 bits per heavy atom. The third-order valence-corrected chi connectivity index (χ3v) is 9.16. The molecule has 0 spiro atoms. The highest BCUT2D eigenvalue weighted by molar-refractivity contribution is 9.12. The van der Waals surface area contributed by atoms with Crippen molar-refractivity contribution < 1.29 is 17.8 Å². The maximum Gasteiger partial charge on any atom is 0.678 e. The van der Waals surface area contributed by atoms with Gasteiger partial charge in [0.15, 0.2) is 24.8 Å². The zero-order chi connectivity index (χ0) is 30.0. The fourth-order valence-electron chi connectivity index (χ4n) is 4.86. The van der Waals surface area contributed by atoms with E-state index in [1.165, 1.54) is 0 Å². The fourth-order valence-corrected chi connectivity index (χ4v) is 5.78. The van der Waals surface area contributed by atoms with Gasteiger partial charge in [0.2, 0.25) is 0 Å². The van der Waals surface area contributed by atoms with Gasteiger partial charge in [0.05, 0.1) is 11.4 Å². The third kappa shape index (κ3) is 6.08. The van der Waals surface area contributed by atoms with Crippen LogP contribution in [-0.4, -0.2) is 17.6 Å². The highest BCUT2D eigenvalue weighted by Crippen LogP contribution is 2.42. The molecule has 0 atom stereocenters. The number of benzene rings is 1. The van der Waals surface area contributed by atoms with Gasteiger partial charge >= 0.3 is 7.40 Å². The third-order valence-electron chi connectivity index (χ3n) is 7.16. The first kappa shape index (κ1) is 29.8. The number of hydrogen-bond donors (Lipinski definition) is 0. The zero-order valence-corrected chi connectivity index (χ0v) is 26.9. The van der Waals surface area contributed by atoms with Crippen LogP contribution in [-0.2, 0) is 14.1 Å². The predicted octanol–water partition coefficient (Wildman–Crippen LogP) is 7.75. The molecule has 4 heterocycles. The summed E-state index contributed by atoms with van der Waals surface area (Å²) in [5, 5.41) is 0. The molecule has 0 saturated carbocycles. The molecule has 5 rings (SSSR count). The molecule has 0 unspecified atom stereocenters. The maximum atomic E-state index is 15.0. The Morgan fingerprint density at radius 3 is 1.90 bits per heavy atom. The molecule has 0 N–H and O–H groups in total. The van der Waals surface area contributed by atoms with Crippen LogP contribution in [0.5, 0.6) is 0 Å². The number of aromatic nitrogens is 3. The zero-order valence-electron chi connectivity index (χ0n) is 23.7. The molecule has 0 bridgehead atoms. The quantitative estimate of drug-likeness (QED) is 0.140. The number of rotatable bonds is 7. The minimum absolute atomic E-state index is 0.389. The molecule has 210 valence electrons. The summed E-state index contributed by atoms with van der Waals surface area (Å²) in [7, 11) is 1.12. The molecule has 0 amide bonds. The first-order chi connectivity index (χ1) is 20.2. The minimum atomic E-state index is -2.78. The molecular formula is C33H29BBr2F2N4+2. The Bertz CT molecular complexity index is 1780. The van der Waals surface area contributed by atoms with Crippen molar-refractivity contribution in [3.63, 3.8) is 0 Å². The molecule has 0 fully saturated rings. The van der Waals surface area contributed by atoms with Crippen LogP contribution in [0, 0.1) is 6.92 Å². The average Bonchev–Trinajstić information content (AvgIpc) is 3.40. The second-order valence-corrected chi connectivity index (χ2v) is 11.7. The van der Waals surface area contributed by atoms with Gasteiger partial charge in [-0.2, -0.15) is 0 Å². The summed E-state index contributed by atoms with van der Waals surface area (Å²) in [6.45, 7) is 3.83. The average molecular weight is 690 g/mol. The Labute approximate surface area is 262 Å². The van der Waals surface area contributed by atoms with Gasteiger partial charge < -0.3 is 4.48 Å². The normalized spacial score (nSPS) is 14.8. The Morgan fingerprint density at radius 2 is 1.36 bits per heavy atom. The van der Waals surface area contributed by atoms with Gasteiger partial charge in [-0.3, -0.25) is 8.63 Å². The van der Waals surface area contributed by atoms with Crippen molar-refractivity contribution in [2.75, 3.05) is 0 Å². The largest absolute Gasteiger partial charge is 0.678 e. The number of nitrogens with zero attached hydrogens (tertiary/aromatic N) is 4. The SMILES string of the molecule is CC1=C(Br)C(/C=C/c2cc[n+](C)cc2)=NC/1=C(/c1ccccc1)c1c(C)c(Br)c(/C=C/c2cc[n+](C)cc2)n1B(F)F. The summed E-state index contributed by atoms with van der Waals surface area (Å²) >= 11 is 7.38. The van der Waals surface area contributed by atoms with Gasteiger partial charge in [0.1, 0.15) is 14.1 Å². The number of hydrogen-bond acceptors (Lipinski definition) is 1. The molecule has 1 aliphatic rings. The molecule has 42 heavy (non-hydrogen) atoms. The summed E-state index contributed by atoms with van der Waals surface area (Å²) in [6, 6.07) is 17.5. The first-order valence-corrected chi connectivity index (χ1v) is 15.0. The fraction of sp³-hybridized carbons (Fsp3) is 0.121. The lowest BCUT2D eigenvalue weighted by Gasteiger charge is -2.16. The maximum absolute atomic E-state index is 15.0. The predicted molar refractivity (Wildman–Crippen MR) is 175 cm³/mol. The Balaban J connectivity index is 1.71. The lowest BCUT2D eigenvalue weighted by molar-refractivity contribution is -0.671. The van der Waals surface area contributed by atoms with Crippen molar-refractivity contribution in [1.82, 2.24) is 4.48 Å². The van der Waals surface area contributed by atoms with E-state index < -0.39 is 7.40 Å². The molecule has 1 aromatic carbocycles. The van der Waals surface area contributed by atoms with Crippen molar-refractivity contribution in [2.45, 2.75) is 13.8 Å². The minimum Gasteiger partial charge on any atom is -0.324 e. The van der Waals surface area contributed by atoms with E-state index in [9.17, 15) is 0 Å². The number of aliphatic imine (C=N–C) groups is 1. The topological polar surface area (TPSA) is 25.0 Å². The smallest absolute Gasteiger partial charge is 0.324 e. The first-order valence-electron chi connectivity index (χ1n) is 13.4. The van der Waals surface area contributed by atoms with Crippen LogP contribution in [0.2, 0.25) is 0 Å². The molecular weight excluding hydrogens is 661 g/mol. The van der Waals surface area contributed by atoms with E-state index in [0.717, 1.165) is 36.9 Å². The van der Waals surface area contributed by atoms with Crippen molar-refractivity contribution in [3.8, 4) is 0 Å². The molecule has 0 aliphatic carbocycles. The van der Waals surface area contributed by atoms with Crippen molar-refractivity contribution in [2.24, 2.45) is 19.1 Å². The molecule has 9 heteroatoms. The van der Waals surface area contributed by atoms with E-state index in [0.29, 0.717) is 32.7 Å². The van der Waals surface area contributed by atoms with Crippen molar-refractivity contribution in [3.05, 3.63) is 139 Å². The molecule has 0 radical (unpaired) electrons. The molecule has 1 aliphatic heterocycles. The summed E-state index contributed by atoms with van der Waals surface area (Å²) in [5.41, 5.74) is 7.16. The van der Waals surface area contributed by atoms with E-state index in [-0.39, 0.29) is 0 Å². The van der Waals surface area contributed by atoms with Crippen molar-refractivity contribution >= 4 is 68.8 Å². The van der Waals surface area contributed by atoms with E-state index in [4.69, 9.17) is 4.99 Å². The molecule has 4 nitrogen and oxygen atoms in total. The Kier molecular flexibility index (Phi) is 8.99. The standard InChI is InChI=1S/C33H29BBr2F2N4/c1-22-30(35)27(12-10-24-14-18-40(3)19-15-24)39-32(22)29(26-8-6-5-7-9-26)33-23(2)31(36)28(42(33)34(37)38)13-11-25-16-20-41(4)21-17-25/h5-21H,1-4H3/q+2. The second-order valence-electron chi connectivity index (χ2n) is 10.1. The lowest BCUT2D eigenvalue weighted by atomic mass is 9.94. The van der Waals surface area contributed by atoms with E-state index in [1.54, 1.807) is 6.08 Å². The number of halogens is 4. The summed E-state index contributed by atoms with van der Waals surface area (Å²) in [5.74, 6) is 0. The summed E-state index contributed by atoms with van der Waals surface area (Å²) < 4.78 is 36.5. The lowest BCUT2D eigenvalue weighted by Crippen LogP contribution is -2.25. The summed E-state index contributed by atoms with van der Waals surface area (Å²) in [6.07, 6.45) is 15.3.